The number of alkyl halides is 3. The Hall–Kier alpha value is -3.00. The number of fused-ring (bicyclic) bond motifs is 2. The lowest BCUT2D eigenvalue weighted by Gasteiger charge is -2.25. The van der Waals surface area contributed by atoms with Gasteiger partial charge in [-0.15, -0.1) is 0 Å². The molecule has 0 saturated heterocycles. The number of rotatable bonds is 2. The number of β-amino-alcohol motifs (C(OH)–C–C–N with tert-alkyl or cyclic N) is 1. The Morgan fingerprint density at radius 3 is 2.90 bits per heavy atom. The van der Waals surface area contributed by atoms with E-state index in [2.05, 4.69) is 10.6 Å². The fourth-order valence-electron chi connectivity index (χ4n) is 3.59. The van der Waals surface area contributed by atoms with E-state index in [0.717, 1.165) is 23.4 Å². The van der Waals surface area contributed by atoms with Crippen LogP contribution in [0.4, 0.5) is 24.5 Å². The molecule has 2 aliphatic rings. The van der Waals surface area contributed by atoms with Crippen LogP contribution < -0.4 is 15.4 Å². The van der Waals surface area contributed by atoms with Gasteiger partial charge in [0.25, 0.3) is 0 Å². The molecular formula is C21H19F3N2O3. The summed E-state index contributed by atoms with van der Waals surface area (Å²) >= 11 is 0. The van der Waals surface area contributed by atoms with Gasteiger partial charge in [0.05, 0.1) is 18.3 Å². The molecule has 1 amide bonds. The van der Waals surface area contributed by atoms with Crippen LogP contribution in [0.25, 0.3) is 5.57 Å². The number of aliphatic hydroxyl groups excluding tert-OH is 1. The number of anilines is 2. The van der Waals surface area contributed by atoms with Gasteiger partial charge in [-0.25, -0.2) is 0 Å². The van der Waals surface area contributed by atoms with Crippen LogP contribution in [0.5, 0.6) is 5.75 Å². The van der Waals surface area contributed by atoms with Gasteiger partial charge in [0.1, 0.15) is 5.75 Å². The van der Waals surface area contributed by atoms with Gasteiger partial charge in [-0.1, -0.05) is 6.07 Å². The van der Waals surface area contributed by atoms with Crippen molar-refractivity contribution in [2.75, 3.05) is 23.8 Å². The molecule has 0 fully saturated rings. The molecule has 5 nitrogen and oxygen atoms in total. The predicted octanol–water partition coefficient (Wildman–Crippen LogP) is 3.84. The maximum absolute atomic E-state index is 13.1. The van der Waals surface area contributed by atoms with E-state index in [1.54, 1.807) is 12.1 Å². The summed E-state index contributed by atoms with van der Waals surface area (Å²) in [5, 5.41) is 15.8. The van der Waals surface area contributed by atoms with E-state index >= 15 is 0 Å². The minimum absolute atomic E-state index is 0.272. The highest BCUT2D eigenvalue weighted by Gasteiger charge is 2.32. The third-order valence-corrected chi connectivity index (χ3v) is 4.99. The zero-order chi connectivity index (χ0) is 20.6. The lowest BCUT2D eigenvalue weighted by atomic mass is 9.96. The van der Waals surface area contributed by atoms with E-state index in [-0.39, 0.29) is 12.2 Å². The first kappa shape index (κ1) is 19.3. The summed E-state index contributed by atoms with van der Waals surface area (Å²) in [5.74, 6) is -0.119. The molecule has 2 aliphatic heterocycles. The largest absolute Gasteiger partial charge is 0.493 e. The molecule has 1 atom stereocenters. The highest BCUT2D eigenvalue weighted by Crippen LogP contribution is 2.38. The average molecular weight is 404 g/mol. The van der Waals surface area contributed by atoms with Crippen LogP contribution in [-0.2, 0) is 17.4 Å². The van der Waals surface area contributed by atoms with Gasteiger partial charge in [-0.3, -0.25) is 4.79 Å². The van der Waals surface area contributed by atoms with E-state index < -0.39 is 23.8 Å². The van der Waals surface area contributed by atoms with Crippen LogP contribution in [0, 0.1) is 0 Å². The smallest absolute Gasteiger partial charge is 0.416 e. The molecule has 0 spiro atoms. The number of aliphatic hydroxyl groups is 1. The molecule has 29 heavy (non-hydrogen) atoms. The molecule has 4 rings (SSSR count). The van der Waals surface area contributed by atoms with Crippen LogP contribution in [0.3, 0.4) is 0 Å². The fourth-order valence-corrected chi connectivity index (χ4v) is 3.59. The second-order valence-electron chi connectivity index (χ2n) is 7.04. The van der Waals surface area contributed by atoms with Gasteiger partial charge in [0.2, 0.25) is 5.91 Å². The quantitative estimate of drug-likeness (QED) is 0.666. The normalized spacial score (nSPS) is 19.6. The topological polar surface area (TPSA) is 70.6 Å². The van der Waals surface area contributed by atoms with Crippen molar-refractivity contribution in [1.82, 2.24) is 0 Å². The zero-order valence-electron chi connectivity index (χ0n) is 15.3. The number of benzene rings is 2. The van der Waals surface area contributed by atoms with E-state index in [0.29, 0.717) is 36.4 Å². The van der Waals surface area contributed by atoms with E-state index in [9.17, 15) is 23.1 Å². The first-order valence-corrected chi connectivity index (χ1v) is 9.21. The summed E-state index contributed by atoms with van der Waals surface area (Å²) in [6, 6.07) is 8.64. The second kappa shape index (κ2) is 7.44. The number of carbonyl (C=O) groups excluding carboxylic acids is 1. The number of hydrogen-bond donors (Lipinski definition) is 3. The van der Waals surface area contributed by atoms with Gasteiger partial charge < -0.3 is 20.5 Å². The van der Waals surface area contributed by atoms with E-state index in [1.807, 2.05) is 6.07 Å². The van der Waals surface area contributed by atoms with Crippen LogP contribution in [-0.4, -0.2) is 30.3 Å². The summed E-state index contributed by atoms with van der Waals surface area (Å²) in [5.41, 5.74) is 2.17. The number of ether oxygens (including phenoxy) is 1. The maximum atomic E-state index is 13.1. The Bertz CT molecular complexity index is 986. The third kappa shape index (κ3) is 4.07. The second-order valence-corrected chi connectivity index (χ2v) is 7.04. The summed E-state index contributed by atoms with van der Waals surface area (Å²) in [6.45, 7) is 0.723. The summed E-state index contributed by atoms with van der Waals surface area (Å²) in [7, 11) is 0. The lowest BCUT2D eigenvalue weighted by molar-refractivity contribution is -0.137. The number of amides is 1. The van der Waals surface area contributed by atoms with Crippen molar-refractivity contribution in [3.05, 3.63) is 59.2 Å². The minimum atomic E-state index is -4.48. The number of carbonyl (C=O) groups is 1. The Labute approximate surface area is 165 Å². The molecule has 0 radical (unpaired) electrons. The fraction of sp³-hybridized carbons (Fsp3) is 0.286. The Morgan fingerprint density at radius 2 is 2.10 bits per heavy atom. The highest BCUT2D eigenvalue weighted by atomic mass is 19.4. The maximum Gasteiger partial charge on any atom is 0.416 e. The monoisotopic (exact) mass is 404 g/mol. The molecule has 1 unspecified atom stereocenters. The number of hydrogen-bond acceptors (Lipinski definition) is 4. The standard InChI is InChI=1S/C21H19F3N2O3/c22-21(23,24)13-4-5-19-15(9-13)12(6-7-29-19)8-20(28)26-18-3-1-2-17-16(18)10-14(27)11-25-17/h1-5,8-9,14,25,27H,6-7,10-11H2,(H,26,28). The van der Waals surface area contributed by atoms with Gasteiger partial charge >= 0.3 is 6.18 Å². The van der Waals surface area contributed by atoms with Crippen molar-refractivity contribution in [3.63, 3.8) is 0 Å². The van der Waals surface area contributed by atoms with Crippen molar-refractivity contribution in [2.45, 2.75) is 25.1 Å². The molecule has 0 aliphatic carbocycles. The van der Waals surface area contributed by atoms with Crippen LogP contribution >= 0.6 is 0 Å². The third-order valence-electron chi connectivity index (χ3n) is 4.99. The van der Waals surface area contributed by atoms with Crippen molar-refractivity contribution < 1.29 is 27.8 Å². The summed E-state index contributed by atoms with van der Waals surface area (Å²) in [6.07, 6.45) is -2.98. The van der Waals surface area contributed by atoms with Gasteiger partial charge in [-0.05, 0) is 35.9 Å². The van der Waals surface area contributed by atoms with Crippen LogP contribution in [0.2, 0.25) is 0 Å². The molecule has 152 valence electrons. The van der Waals surface area contributed by atoms with Crippen molar-refractivity contribution in [3.8, 4) is 5.75 Å². The number of nitrogens with one attached hydrogen (secondary N) is 2. The summed E-state index contributed by atoms with van der Waals surface area (Å²) < 4.78 is 44.6. The van der Waals surface area contributed by atoms with Gasteiger partial charge in [-0.2, -0.15) is 13.2 Å². The Kier molecular flexibility index (Phi) is 4.96. The van der Waals surface area contributed by atoms with Crippen LogP contribution in [0.15, 0.2) is 42.5 Å². The zero-order valence-corrected chi connectivity index (χ0v) is 15.3. The molecule has 8 heteroatoms. The summed E-state index contributed by atoms with van der Waals surface area (Å²) in [4.78, 5) is 12.6. The number of halogens is 3. The molecule has 2 aromatic rings. The van der Waals surface area contributed by atoms with Crippen molar-refractivity contribution >= 4 is 22.9 Å². The van der Waals surface area contributed by atoms with E-state index in [1.165, 1.54) is 12.1 Å². The Morgan fingerprint density at radius 1 is 1.28 bits per heavy atom. The van der Waals surface area contributed by atoms with Crippen molar-refractivity contribution in [1.29, 1.82) is 0 Å². The molecule has 3 N–H and O–H groups in total. The van der Waals surface area contributed by atoms with E-state index in [4.69, 9.17) is 4.74 Å². The highest BCUT2D eigenvalue weighted by molar-refractivity contribution is 6.05. The van der Waals surface area contributed by atoms with Gasteiger partial charge in [0.15, 0.2) is 0 Å². The molecule has 2 heterocycles. The first-order chi connectivity index (χ1) is 13.8. The first-order valence-electron chi connectivity index (χ1n) is 9.21. The molecule has 0 aromatic heterocycles. The molecule has 2 aromatic carbocycles. The van der Waals surface area contributed by atoms with Gasteiger partial charge in [0, 0.05) is 48.0 Å². The lowest BCUT2D eigenvalue weighted by Crippen LogP contribution is -2.28. The Balaban J connectivity index is 1.61. The van der Waals surface area contributed by atoms with Crippen LogP contribution in [0.1, 0.15) is 23.1 Å². The molecular weight excluding hydrogens is 385 g/mol. The molecule has 0 saturated carbocycles. The molecule has 0 bridgehead atoms. The SMILES string of the molecule is O=C(C=C1CCOc2ccc(C(F)(F)F)cc21)Nc1cccc2c1CC(O)CN2. The van der Waals surface area contributed by atoms with Crippen molar-refractivity contribution in [2.24, 2.45) is 0 Å². The predicted molar refractivity (Wildman–Crippen MR) is 103 cm³/mol. The minimum Gasteiger partial charge on any atom is -0.493 e. The average Bonchev–Trinajstić information content (AvgIpc) is 2.67.